The van der Waals surface area contributed by atoms with Crippen LogP contribution < -0.4 is 4.90 Å². The van der Waals surface area contributed by atoms with Crippen molar-refractivity contribution in [2.75, 3.05) is 31.1 Å². The van der Waals surface area contributed by atoms with E-state index in [9.17, 15) is 12.8 Å². The SMILES string of the molecule is Cc1nc(-c2ccc(C)c(S(=O)(=O)N3CCN(c4ccccc4F)CC3)c2)cs1. The molecule has 8 heteroatoms. The van der Waals surface area contributed by atoms with Crippen molar-refractivity contribution in [3.63, 3.8) is 0 Å². The first-order chi connectivity index (χ1) is 13.9. The lowest BCUT2D eigenvalue weighted by Gasteiger charge is -2.35. The van der Waals surface area contributed by atoms with Gasteiger partial charge in [-0.05, 0) is 37.6 Å². The maximum atomic E-state index is 14.1. The highest BCUT2D eigenvalue weighted by Crippen LogP contribution is 2.29. The molecular formula is C21H22FN3O2S2. The number of benzene rings is 2. The molecule has 1 aliphatic rings. The molecule has 1 aliphatic heterocycles. The lowest BCUT2D eigenvalue weighted by molar-refractivity contribution is 0.383. The van der Waals surface area contributed by atoms with Gasteiger partial charge in [-0.2, -0.15) is 4.31 Å². The van der Waals surface area contributed by atoms with Gasteiger partial charge in [0.15, 0.2) is 0 Å². The van der Waals surface area contributed by atoms with Crippen molar-refractivity contribution in [1.29, 1.82) is 0 Å². The molecule has 1 fully saturated rings. The average molecular weight is 432 g/mol. The van der Waals surface area contributed by atoms with Crippen molar-refractivity contribution in [2.45, 2.75) is 18.7 Å². The number of aryl methyl sites for hydroxylation is 2. The minimum Gasteiger partial charge on any atom is -0.367 e. The van der Waals surface area contributed by atoms with Crippen LogP contribution in [-0.2, 0) is 10.0 Å². The summed E-state index contributed by atoms with van der Waals surface area (Å²) in [5.74, 6) is -0.286. The highest BCUT2D eigenvalue weighted by molar-refractivity contribution is 7.89. The first-order valence-corrected chi connectivity index (χ1v) is 11.7. The maximum absolute atomic E-state index is 14.1. The van der Waals surface area contributed by atoms with E-state index in [1.54, 1.807) is 31.2 Å². The van der Waals surface area contributed by atoms with Crippen molar-refractivity contribution >= 4 is 27.0 Å². The number of nitrogens with zero attached hydrogens (tertiary/aromatic N) is 3. The molecule has 0 amide bonds. The van der Waals surface area contributed by atoms with Crippen LogP contribution in [0.5, 0.6) is 0 Å². The lowest BCUT2D eigenvalue weighted by atomic mass is 10.1. The van der Waals surface area contributed by atoms with Gasteiger partial charge in [0, 0.05) is 37.1 Å². The van der Waals surface area contributed by atoms with E-state index < -0.39 is 10.0 Å². The van der Waals surface area contributed by atoms with Gasteiger partial charge in [0.1, 0.15) is 5.82 Å². The maximum Gasteiger partial charge on any atom is 0.243 e. The van der Waals surface area contributed by atoms with Crippen molar-refractivity contribution in [3.05, 3.63) is 64.2 Å². The quantitative estimate of drug-likeness (QED) is 0.625. The second-order valence-electron chi connectivity index (χ2n) is 7.07. The zero-order valence-electron chi connectivity index (χ0n) is 16.3. The van der Waals surface area contributed by atoms with Crippen LogP contribution in [0.15, 0.2) is 52.7 Å². The van der Waals surface area contributed by atoms with Crippen LogP contribution in [-0.4, -0.2) is 43.9 Å². The van der Waals surface area contributed by atoms with Crippen molar-refractivity contribution in [2.24, 2.45) is 0 Å². The van der Waals surface area contributed by atoms with Gasteiger partial charge in [-0.15, -0.1) is 11.3 Å². The summed E-state index contributed by atoms with van der Waals surface area (Å²) >= 11 is 1.54. The zero-order valence-corrected chi connectivity index (χ0v) is 17.9. The lowest BCUT2D eigenvalue weighted by Crippen LogP contribution is -2.49. The molecule has 0 radical (unpaired) electrons. The molecule has 0 saturated carbocycles. The summed E-state index contributed by atoms with van der Waals surface area (Å²) in [6.07, 6.45) is 0. The summed E-state index contributed by atoms with van der Waals surface area (Å²) in [6.45, 7) is 5.26. The molecule has 2 aromatic carbocycles. The fourth-order valence-electron chi connectivity index (χ4n) is 3.55. The van der Waals surface area contributed by atoms with Gasteiger partial charge in [0.2, 0.25) is 10.0 Å². The van der Waals surface area contributed by atoms with E-state index >= 15 is 0 Å². The van der Waals surface area contributed by atoms with E-state index in [0.29, 0.717) is 42.3 Å². The monoisotopic (exact) mass is 431 g/mol. The van der Waals surface area contributed by atoms with Gasteiger partial charge in [-0.1, -0.05) is 24.3 Å². The third-order valence-electron chi connectivity index (χ3n) is 5.15. The number of halogens is 1. The number of thiazole rings is 1. The Balaban J connectivity index is 1.57. The first-order valence-electron chi connectivity index (χ1n) is 9.39. The summed E-state index contributed by atoms with van der Waals surface area (Å²) in [6, 6.07) is 12.0. The Morgan fingerprint density at radius 2 is 1.76 bits per heavy atom. The molecular weight excluding hydrogens is 409 g/mol. The van der Waals surface area contributed by atoms with E-state index in [-0.39, 0.29) is 5.82 Å². The summed E-state index contributed by atoms with van der Waals surface area (Å²) in [5, 5.41) is 2.87. The van der Waals surface area contributed by atoms with Crippen LogP contribution in [0.2, 0.25) is 0 Å². The van der Waals surface area contributed by atoms with Gasteiger partial charge < -0.3 is 4.90 Å². The zero-order chi connectivity index (χ0) is 20.6. The summed E-state index contributed by atoms with van der Waals surface area (Å²) in [7, 11) is -3.64. The fraction of sp³-hybridized carbons (Fsp3) is 0.286. The summed E-state index contributed by atoms with van der Waals surface area (Å²) in [5.41, 5.74) is 2.80. The second-order valence-corrected chi connectivity index (χ2v) is 10.0. The number of anilines is 1. The highest BCUT2D eigenvalue weighted by Gasteiger charge is 2.30. The minimum atomic E-state index is -3.64. The van der Waals surface area contributed by atoms with Gasteiger partial charge >= 0.3 is 0 Å². The Morgan fingerprint density at radius 3 is 2.41 bits per heavy atom. The van der Waals surface area contributed by atoms with E-state index in [0.717, 1.165) is 16.3 Å². The Kier molecular flexibility index (Phi) is 5.42. The van der Waals surface area contributed by atoms with Crippen molar-refractivity contribution in [1.82, 2.24) is 9.29 Å². The number of para-hydroxylation sites is 1. The first kappa shape index (κ1) is 20.0. The van der Waals surface area contributed by atoms with E-state index in [2.05, 4.69) is 4.98 Å². The molecule has 1 saturated heterocycles. The average Bonchev–Trinajstić information content (AvgIpc) is 3.15. The van der Waals surface area contributed by atoms with Crippen LogP contribution >= 0.6 is 11.3 Å². The molecule has 152 valence electrons. The largest absolute Gasteiger partial charge is 0.367 e. The van der Waals surface area contributed by atoms with Gasteiger partial charge in [0.05, 0.1) is 21.3 Å². The predicted octanol–water partition coefficient (Wildman–Crippen LogP) is 4.08. The number of hydrogen-bond donors (Lipinski definition) is 0. The summed E-state index contributed by atoms with van der Waals surface area (Å²) < 4.78 is 42.2. The molecule has 0 spiro atoms. The predicted molar refractivity (Wildman–Crippen MR) is 114 cm³/mol. The molecule has 0 atom stereocenters. The van der Waals surface area contributed by atoms with E-state index in [1.807, 2.05) is 29.3 Å². The van der Waals surface area contributed by atoms with E-state index in [1.165, 1.54) is 21.7 Å². The Morgan fingerprint density at radius 1 is 1.03 bits per heavy atom. The molecule has 2 heterocycles. The standard InChI is InChI=1S/C21H22FN3O2S2/c1-15-7-8-17(19-14-28-16(2)23-19)13-21(15)29(26,27)25-11-9-24(10-12-25)20-6-4-3-5-18(20)22/h3-8,13-14H,9-12H2,1-2H3. The molecule has 0 unspecified atom stereocenters. The molecule has 4 rings (SSSR count). The minimum absolute atomic E-state index is 0.286. The third-order valence-corrected chi connectivity index (χ3v) is 7.97. The number of hydrogen-bond acceptors (Lipinski definition) is 5. The van der Waals surface area contributed by atoms with E-state index in [4.69, 9.17) is 0 Å². The highest BCUT2D eigenvalue weighted by atomic mass is 32.2. The van der Waals surface area contributed by atoms with Crippen LogP contribution in [0, 0.1) is 19.7 Å². The molecule has 29 heavy (non-hydrogen) atoms. The van der Waals surface area contributed by atoms with Gasteiger partial charge in [-0.3, -0.25) is 0 Å². The van der Waals surface area contributed by atoms with Gasteiger partial charge in [0.25, 0.3) is 0 Å². The third kappa shape index (κ3) is 3.92. The van der Waals surface area contributed by atoms with Crippen LogP contribution in [0.4, 0.5) is 10.1 Å². The number of piperazine rings is 1. The molecule has 0 aliphatic carbocycles. The normalized spacial score (nSPS) is 15.6. The van der Waals surface area contributed by atoms with Gasteiger partial charge in [-0.25, -0.2) is 17.8 Å². The molecule has 0 bridgehead atoms. The second kappa shape index (κ2) is 7.85. The van der Waals surface area contributed by atoms with Crippen LogP contribution in [0.1, 0.15) is 10.6 Å². The van der Waals surface area contributed by atoms with Crippen LogP contribution in [0.25, 0.3) is 11.3 Å². The Hall–Kier alpha value is -2.29. The molecule has 0 N–H and O–H groups in total. The molecule has 3 aromatic rings. The Labute approximate surface area is 174 Å². The van der Waals surface area contributed by atoms with Crippen LogP contribution in [0.3, 0.4) is 0 Å². The fourth-order valence-corrected chi connectivity index (χ4v) is 5.85. The Bertz CT molecular complexity index is 1140. The number of sulfonamides is 1. The topological polar surface area (TPSA) is 53.5 Å². The van der Waals surface area contributed by atoms with Crippen molar-refractivity contribution < 1.29 is 12.8 Å². The molecule has 5 nitrogen and oxygen atoms in total. The molecule has 1 aromatic heterocycles. The van der Waals surface area contributed by atoms with Crippen molar-refractivity contribution in [3.8, 4) is 11.3 Å². The smallest absolute Gasteiger partial charge is 0.243 e. The number of rotatable bonds is 4. The summed E-state index contributed by atoms with van der Waals surface area (Å²) in [4.78, 5) is 6.66. The number of aromatic nitrogens is 1.